The van der Waals surface area contributed by atoms with E-state index in [2.05, 4.69) is 53.2 Å². The summed E-state index contributed by atoms with van der Waals surface area (Å²) in [5.41, 5.74) is 10.3. The van der Waals surface area contributed by atoms with Gasteiger partial charge in [-0.3, -0.25) is 4.79 Å². The molecule has 1 amide bonds. The molecule has 0 saturated carbocycles. The Morgan fingerprint density at radius 2 is 1.78 bits per heavy atom. The van der Waals surface area contributed by atoms with Gasteiger partial charge in [0.1, 0.15) is 0 Å². The number of aromatic nitrogens is 1. The van der Waals surface area contributed by atoms with E-state index in [0.717, 1.165) is 33.8 Å². The van der Waals surface area contributed by atoms with E-state index in [0.29, 0.717) is 6.42 Å². The fraction of sp³-hybridized carbons (Fsp3) is 0.217. The van der Waals surface area contributed by atoms with Crippen LogP contribution in [0.15, 0.2) is 59.7 Å². The van der Waals surface area contributed by atoms with Crippen molar-refractivity contribution in [2.45, 2.75) is 34.1 Å². The van der Waals surface area contributed by atoms with Gasteiger partial charge in [-0.1, -0.05) is 42.0 Å². The van der Waals surface area contributed by atoms with Gasteiger partial charge in [0.25, 0.3) is 0 Å². The molecule has 27 heavy (non-hydrogen) atoms. The maximum Gasteiger partial charge on any atom is 0.244 e. The molecule has 0 aliphatic rings. The molecule has 138 valence electrons. The van der Waals surface area contributed by atoms with Crippen LogP contribution in [0.4, 0.5) is 0 Å². The molecular formula is C23H25N3O. The lowest BCUT2D eigenvalue weighted by molar-refractivity contribution is -0.120. The van der Waals surface area contributed by atoms with E-state index in [9.17, 15) is 4.79 Å². The van der Waals surface area contributed by atoms with Gasteiger partial charge in [0.2, 0.25) is 5.91 Å². The molecule has 0 aliphatic carbocycles. The van der Waals surface area contributed by atoms with E-state index in [1.165, 1.54) is 5.56 Å². The molecule has 0 fully saturated rings. The molecule has 0 saturated heterocycles. The van der Waals surface area contributed by atoms with Crippen molar-refractivity contribution in [1.29, 1.82) is 0 Å². The van der Waals surface area contributed by atoms with Crippen LogP contribution in [0.5, 0.6) is 0 Å². The van der Waals surface area contributed by atoms with Crippen molar-refractivity contribution in [3.63, 3.8) is 0 Å². The van der Waals surface area contributed by atoms with Gasteiger partial charge in [0.15, 0.2) is 0 Å². The summed E-state index contributed by atoms with van der Waals surface area (Å²) >= 11 is 0. The van der Waals surface area contributed by atoms with Gasteiger partial charge in [-0.25, -0.2) is 5.43 Å². The molecule has 0 aliphatic heterocycles. The minimum atomic E-state index is -0.116. The van der Waals surface area contributed by atoms with E-state index in [4.69, 9.17) is 0 Å². The molecule has 4 heteroatoms. The van der Waals surface area contributed by atoms with Gasteiger partial charge in [-0.05, 0) is 57.0 Å². The number of para-hydroxylation sites is 1. The summed E-state index contributed by atoms with van der Waals surface area (Å²) in [7, 11) is 0. The highest BCUT2D eigenvalue weighted by Gasteiger charge is 2.09. The maximum absolute atomic E-state index is 12.2. The second-order valence-corrected chi connectivity index (χ2v) is 6.90. The van der Waals surface area contributed by atoms with Crippen LogP contribution < -0.4 is 5.43 Å². The van der Waals surface area contributed by atoms with Gasteiger partial charge in [0, 0.05) is 22.6 Å². The minimum Gasteiger partial charge on any atom is -0.318 e. The number of amides is 1. The maximum atomic E-state index is 12.2. The van der Waals surface area contributed by atoms with Gasteiger partial charge < -0.3 is 4.57 Å². The Morgan fingerprint density at radius 1 is 1.04 bits per heavy atom. The molecular weight excluding hydrogens is 334 g/mol. The summed E-state index contributed by atoms with van der Waals surface area (Å²) in [5, 5.41) is 4.16. The zero-order chi connectivity index (χ0) is 19.4. The molecule has 3 aromatic rings. The highest BCUT2D eigenvalue weighted by atomic mass is 16.2. The topological polar surface area (TPSA) is 46.4 Å². The average Bonchev–Trinajstić information content (AvgIpc) is 2.92. The number of rotatable bonds is 5. The first kappa shape index (κ1) is 18.6. The summed E-state index contributed by atoms with van der Waals surface area (Å²) in [6.07, 6.45) is 2.04. The third kappa shape index (κ3) is 4.34. The molecule has 4 nitrogen and oxygen atoms in total. The number of nitrogens with one attached hydrogen (secondary N) is 1. The number of aryl methyl sites for hydroxylation is 3. The Hall–Kier alpha value is -3.14. The van der Waals surface area contributed by atoms with Gasteiger partial charge in [-0.15, -0.1) is 0 Å². The van der Waals surface area contributed by atoms with E-state index in [-0.39, 0.29) is 5.91 Å². The van der Waals surface area contributed by atoms with Crippen LogP contribution in [0.2, 0.25) is 0 Å². The SMILES string of the molecule is Cc1ccc(CC(=O)N/N=C/c2cc(C)n(-c3ccccc3)c2C)c(C)c1. The molecule has 1 aromatic heterocycles. The van der Waals surface area contributed by atoms with Crippen molar-refractivity contribution >= 4 is 12.1 Å². The number of hydrazone groups is 1. The number of nitrogens with zero attached hydrogens (tertiary/aromatic N) is 2. The quantitative estimate of drug-likeness (QED) is 0.532. The minimum absolute atomic E-state index is 0.116. The molecule has 3 rings (SSSR count). The van der Waals surface area contributed by atoms with E-state index < -0.39 is 0 Å². The second kappa shape index (κ2) is 8.04. The molecule has 1 heterocycles. The van der Waals surface area contributed by atoms with Crippen LogP contribution in [-0.2, 0) is 11.2 Å². The van der Waals surface area contributed by atoms with Crippen LogP contribution in [0.25, 0.3) is 5.69 Å². The Kier molecular flexibility index (Phi) is 5.55. The second-order valence-electron chi connectivity index (χ2n) is 6.90. The number of carbonyl (C=O) groups is 1. The number of carbonyl (C=O) groups excluding carboxylic acids is 1. The highest BCUT2D eigenvalue weighted by Crippen LogP contribution is 2.19. The third-order valence-electron chi connectivity index (χ3n) is 4.73. The van der Waals surface area contributed by atoms with Crippen LogP contribution in [-0.4, -0.2) is 16.7 Å². The smallest absolute Gasteiger partial charge is 0.244 e. The molecule has 0 atom stereocenters. The molecule has 0 unspecified atom stereocenters. The largest absolute Gasteiger partial charge is 0.318 e. The van der Waals surface area contributed by atoms with Gasteiger partial charge >= 0.3 is 0 Å². The Balaban J connectivity index is 1.69. The molecule has 1 N–H and O–H groups in total. The zero-order valence-corrected chi connectivity index (χ0v) is 16.3. The standard InChI is InChI=1S/C23H25N3O/c1-16-10-11-20(17(2)12-16)14-23(27)25-24-15-21-13-18(3)26(19(21)4)22-8-6-5-7-9-22/h5-13,15H,14H2,1-4H3,(H,25,27)/b24-15+. The lowest BCUT2D eigenvalue weighted by Crippen LogP contribution is -2.20. The fourth-order valence-electron chi connectivity index (χ4n) is 3.32. The number of hydrogen-bond acceptors (Lipinski definition) is 2. The Morgan fingerprint density at radius 3 is 2.48 bits per heavy atom. The zero-order valence-electron chi connectivity index (χ0n) is 16.3. The fourth-order valence-corrected chi connectivity index (χ4v) is 3.32. The number of benzene rings is 2. The average molecular weight is 359 g/mol. The van der Waals surface area contributed by atoms with E-state index in [1.54, 1.807) is 6.21 Å². The summed E-state index contributed by atoms with van der Waals surface area (Å²) < 4.78 is 2.18. The predicted octanol–water partition coefficient (Wildman–Crippen LogP) is 4.40. The van der Waals surface area contributed by atoms with Crippen molar-refractivity contribution in [3.05, 3.63) is 88.2 Å². The highest BCUT2D eigenvalue weighted by molar-refractivity contribution is 5.85. The monoisotopic (exact) mass is 359 g/mol. The first-order chi connectivity index (χ1) is 13.0. The summed E-state index contributed by atoms with van der Waals surface area (Å²) in [5.74, 6) is -0.116. The van der Waals surface area contributed by atoms with Crippen LogP contribution in [0.3, 0.4) is 0 Å². The molecule has 0 spiro atoms. The summed E-state index contributed by atoms with van der Waals surface area (Å²) in [6.45, 7) is 8.19. The Labute approximate surface area is 160 Å². The van der Waals surface area contributed by atoms with Crippen LogP contribution >= 0.6 is 0 Å². The summed E-state index contributed by atoms with van der Waals surface area (Å²) in [4.78, 5) is 12.2. The van der Waals surface area contributed by atoms with Crippen molar-refractivity contribution in [2.75, 3.05) is 0 Å². The lowest BCUT2D eigenvalue weighted by Gasteiger charge is -2.09. The third-order valence-corrected chi connectivity index (χ3v) is 4.73. The normalized spacial score (nSPS) is 11.1. The predicted molar refractivity (Wildman–Crippen MR) is 111 cm³/mol. The lowest BCUT2D eigenvalue weighted by atomic mass is 10.0. The van der Waals surface area contributed by atoms with Crippen molar-refractivity contribution < 1.29 is 4.79 Å². The first-order valence-electron chi connectivity index (χ1n) is 9.08. The molecule has 0 bridgehead atoms. The molecule has 2 aromatic carbocycles. The van der Waals surface area contributed by atoms with Crippen molar-refractivity contribution in [1.82, 2.24) is 9.99 Å². The van der Waals surface area contributed by atoms with Crippen molar-refractivity contribution in [2.24, 2.45) is 5.10 Å². The van der Waals surface area contributed by atoms with Gasteiger partial charge in [0.05, 0.1) is 12.6 Å². The van der Waals surface area contributed by atoms with Crippen LogP contribution in [0, 0.1) is 27.7 Å². The van der Waals surface area contributed by atoms with Crippen LogP contribution in [0.1, 0.15) is 33.6 Å². The van der Waals surface area contributed by atoms with E-state index in [1.807, 2.05) is 44.2 Å². The number of hydrogen-bond donors (Lipinski definition) is 1. The van der Waals surface area contributed by atoms with Gasteiger partial charge in [-0.2, -0.15) is 5.10 Å². The summed E-state index contributed by atoms with van der Waals surface area (Å²) in [6, 6.07) is 18.4. The molecule has 0 radical (unpaired) electrons. The Bertz CT molecular complexity index is 984. The first-order valence-corrected chi connectivity index (χ1v) is 9.08. The van der Waals surface area contributed by atoms with E-state index >= 15 is 0 Å². The van der Waals surface area contributed by atoms with Crippen molar-refractivity contribution in [3.8, 4) is 5.69 Å².